The van der Waals surface area contributed by atoms with E-state index in [4.69, 9.17) is 9.47 Å². The molecule has 2 rings (SSSR count). The minimum Gasteiger partial charge on any atom is -0.546 e. The topological polar surface area (TPSA) is 83.0 Å². The number of benzene rings is 2. The number of carbonyl (C=O) groups excluding carboxylic acids is 1. The standard InChI is InChI=1S/C17H16F2N2O4/c1-10(20-21-14-5-4-12(18)8-13(14)19)11-3-6-15(16(7-11)24-2)25-9-17(22)23/h3-8,21H,9H2,1-2H3,(H,22,23)/p-1/b20-10-. The third-order valence-corrected chi connectivity index (χ3v) is 3.20. The van der Waals surface area contributed by atoms with Crippen LogP contribution < -0.4 is 20.0 Å². The van der Waals surface area contributed by atoms with Gasteiger partial charge in [-0.2, -0.15) is 5.10 Å². The first-order valence-electron chi connectivity index (χ1n) is 7.17. The van der Waals surface area contributed by atoms with Crippen LogP contribution >= 0.6 is 0 Å². The van der Waals surface area contributed by atoms with Crippen LogP contribution in [0.4, 0.5) is 14.5 Å². The Balaban J connectivity index is 2.17. The molecule has 25 heavy (non-hydrogen) atoms. The number of methoxy groups -OCH3 is 1. The Labute approximate surface area is 142 Å². The number of ether oxygens (including phenoxy) is 2. The van der Waals surface area contributed by atoms with E-state index in [9.17, 15) is 18.7 Å². The maximum Gasteiger partial charge on any atom is 0.161 e. The molecule has 0 aliphatic carbocycles. The third kappa shape index (κ3) is 4.90. The third-order valence-electron chi connectivity index (χ3n) is 3.20. The Morgan fingerprint density at radius 2 is 1.96 bits per heavy atom. The van der Waals surface area contributed by atoms with Crippen LogP contribution in [0.15, 0.2) is 41.5 Å². The van der Waals surface area contributed by atoms with Crippen molar-refractivity contribution in [2.24, 2.45) is 5.10 Å². The van der Waals surface area contributed by atoms with Gasteiger partial charge in [0, 0.05) is 11.6 Å². The van der Waals surface area contributed by atoms with Gasteiger partial charge in [-0.25, -0.2) is 8.78 Å². The lowest BCUT2D eigenvalue weighted by molar-refractivity contribution is -0.307. The number of rotatable bonds is 7. The van der Waals surface area contributed by atoms with Crippen LogP contribution in [0.1, 0.15) is 12.5 Å². The van der Waals surface area contributed by atoms with Gasteiger partial charge >= 0.3 is 0 Å². The minimum absolute atomic E-state index is 0.0293. The molecule has 2 aromatic rings. The van der Waals surface area contributed by atoms with Crippen molar-refractivity contribution in [1.82, 2.24) is 0 Å². The average Bonchev–Trinajstić information content (AvgIpc) is 2.58. The Morgan fingerprint density at radius 3 is 2.60 bits per heavy atom. The van der Waals surface area contributed by atoms with Gasteiger partial charge in [0.05, 0.1) is 24.5 Å². The fourth-order valence-corrected chi connectivity index (χ4v) is 1.94. The average molecular weight is 349 g/mol. The molecule has 0 aliphatic rings. The first-order valence-corrected chi connectivity index (χ1v) is 7.17. The molecule has 0 fully saturated rings. The van der Waals surface area contributed by atoms with E-state index in [1.165, 1.54) is 19.2 Å². The number of halogens is 2. The number of aliphatic carboxylic acids is 1. The lowest BCUT2D eigenvalue weighted by Gasteiger charge is -2.12. The van der Waals surface area contributed by atoms with Crippen molar-refractivity contribution in [2.45, 2.75) is 6.92 Å². The molecule has 0 bridgehead atoms. The van der Waals surface area contributed by atoms with Crippen LogP contribution in [0, 0.1) is 11.6 Å². The van der Waals surface area contributed by atoms with Gasteiger partial charge in [-0.1, -0.05) is 0 Å². The lowest BCUT2D eigenvalue weighted by atomic mass is 10.1. The summed E-state index contributed by atoms with van der Waals surface area (Å²) in [5.41, 5.74) is 3.67. The van der Waals surface area contributed by atoms with Gasteiger partial charge in [0.25, 0.3) is 0 Å². The highest BCUT2D eigenvalue weighted by Crippen LogP contribution is 2.28. The number of anilines is 1. The Bertz CT molecular complexity index is 809. The number of carboxylic acid groups (broad SMARTS) is 1. The predicted octanol–water partition coefficient (Wildman–Crippen LogP) is 1.94. The van der Waals surface area contributed by atoms with Crippen LogP contribution in [0.2, 0.25) is 0 Å². The van der Waals surface area contributed by atoms with Crippen molar-refractivity contribution in [1.29, 1.82) is 0 Å². The van der Waals surface area contributed by atoms with Crippen LogP contribution in [-0.4, -0.2) is 25.4 Å². The highest BCUT2D eigenvalue weighted by Gasteiger charge is 2.08. The lowest BCUT2D eigenvalue weighted by Crippen LogP contribution is -2.29. The fourth-order valence-electron chi connectivity index (χ4n) is 1.94. The molecule has 0 atom stereocenters. The molecule has 0 unspecified atom stereocenters. The normalized spacial score (nSPS) is 11.1. The van der Waals surface area contributed by atoms with Gasteiger partial charge in [-0.3, -0.25) is 5.43 Å². The predicted molar refractivity (Wildman–Crippen MR) is 85.7 cm³/mol. The summed E-state index contributed by atoms with van der Waals surface area (Å²) < 4.78 is 36.6. The summed E-state index contributed by atoms with van der Waals surface area (Å²) in [6.45, 7) is 1.07. The summed E-state index contributed by atoms with van der Waals surface area (Å²) in [7, 11) is 1.41. The van der Waals surface area contributed by atoms with Gasteiger partial charge in [0.15, 0.2) is 17.3 Å². The summed E-state index contributed by atoms with van der Waals surface area (Å²) in [6, 6.07) is 7.84. The van der Waals surface area contributed by atoms with E-state index in [1.807, 2.05) is 0 Å². The van der Waals surface area contributed by atoms with Crippen LogP contribution in [0.25, 0.3) is 0 Å². The first-order chi connectivity index (χ1) is 11.9. The SMILES string of the molecule is COc1cc(/C(C)=N\Nc2ccc(F)cc2F)ccc1OCC(=O)[O-]. The van der Waals surface area contributed by atoms with Crippen molar-refractivity contribution in [3.8, 4) is 11.5 Å². The minimum atomic E-state index is -1.35. The first kappa shape index (κ1) is 18.2. The van der Waals surface area contributed by atoms with Crippen LogP contribution in [0.3, 0.4) is 0 Å². The van der Waals surface area contributed by atoms with E-state index in [0.717, 1.165) is 12.1 Å². The van der Waals surface area contributed by atoms with E-state index >= 15 is 0 Å². The monoisotopic (exact) mass is 349 g/mol. The highest BCUT2D eigenvalue weighted by molar-refractivity contribution is 5.99. The van der Waals surface area contributed by atoms with Crippen molar-refractivity contribution in [3.05, 3.63) is 53.6 Å². The molecule has 0 radical (unpaired) electrons. The second-order valence-corrected chi connectivity index (χ2v) is 4.96. The molecule has 8 heteroatoms. The van der Waals surface area contributed by atoms with E-state index < -0.39 is 24.2 Å². The zero-order valence-electron chi connectivity index (χ0n) is 13.5. The van der Waals surface area contributed by atoms with Gasteiger partial charge in [-0.05, 0) is 37.3 Å². The molecule has 0 amide bonds. The Morgan fingerprint density at radius 1 is 1.20 bits per heavy atom. The molecular formula is C17H15F2N2O4-. The second kappa shape index (κ2) is 8.09. The van der Waals surface area contributed by atoms with Crippen LogP contribution in [-0.2, 0) is 4.79 Å². The molecule has 0 heterocycles. The summed E-state index contributed by atoms with van der Waals surface area (Å²) in [5.74, 6) is -2.25. The largest absolute Gasteiger partial charge is 0.546 e. The molecular weight excluding hydrogens is 334 g/mol. The van der Waals surface area contributed by atoms with Crippen molar-refractivity contribution >= 4 is 17.4 Å². The molecule has 1 N–H and O–H groups in total. The maximum atomic E-state index is 13.6. The smallest absolute Gasteiger partial charge is 0.161 e. The zero-order valence-corrected chi connectivity index (χ0v) is 13.5. The highest BCUT2D eigenvalue weighted by atomic mass is 19.1. The van der Waals surface area contributed by atoms with Gasteiger partial charge in [0.2, 0.25) is 0 Å². The van der Waals surface area contributed by atoms with E-state index in [1.54, 1.807) is 19.1 Å². The number of hydrogen-bond donors (Lipinski definition) is 1. The summed E-state index contributed by atoms with van der Waals surface area (Å²) in [4.78, 5) is 10.5. The van der Waals surface area contributed by atoms with Crippen LogP contribution in [0.5, 0.6) is 11.5 Å². The zero-order chi connectivity index (χ0) is 18.4. The molecule has 0 aromatic heterocycles. The van der Waals surface area contributed by atoms with E-state index in [-0.39, 0.29) is 11.4 Å². The van der Waals surface area contributed by atoms with E-state index in [0.29, 0.717) is 17.0 Å². The van der Waals surface area contributed by atoms with Crippen molar-refractivity contribution < 1.29 is 28.2 Å². The van der Waals surface area contributed by atoms with Crippen molar-refractivity contribution in [3.63, 3.8) is 0 Å². The summed E-state index contributed by atoms with van der Waals surface area (Å²) >= 11 is 0. The van der Waals surface area contributed by atoms with Gasteiger partial charge < -0.3 is 19.4 Å². The molecule has 6 nitrogen and oxygen atoms in total. The van der Waals surface area contributed by atoms with Gasteiger partial charge in [-0.15, -0.1) is 0 Å². The van der Waals surface area contributed by atoms with Crippen molar-refractivity contribution in [2.75, 3.05) is 19.1 Å². The maximum absolute atomic E-state index is 13.6. The molecule has 132 valence electrons. The molecule has 2 aromatic carbocycles. The summed E-state index contributed by atoms with van der Waals surface area (Å²) in [5, 5.41) is 14.5. The number of hydrazone groups is 1. The Kier molecular flexibility index (Phi) is 5.89. The quantitative estimate of drug-likeness (QED) is 0.610. The van der Waals surface area contributed by atoms with E-state index in [2.05, 4.69) is 10.5 Å². The summed E-state index contributed by atoms with van der Waals surface area (Å²) in [6.07, 6.45) is 0. The number of carbonyl (C=O) groups is 1. The Hall–Kier alpha value is -3.16. The molecule has 0 saturated carbocycles. The molecule has 0 spiro atoms. The number of nitrogens with one attached hydrogen (secondary N) is 1. The molecule has 0 saturated heterocycles. The van der Waals surface area contributed by atoms with Gasteiger partial charge in [0.1, 0.15) is 12.4 Å². The molecule has 0 aliphatic heterocycles. The number of nitrogens with zero attached hydrogens (tertiary/aromatic N) is 1. The second-order valence-electron chi connectivity index (χ2n) is 4.96. The number of carboxylic acids is 1. The fraction of sp³-hybridized carbons (Fsp3) is 0.176. The number of hydrogen-bond acceptors (Lipinski definition) is 6.